The van der Waals surface area contributed by atoms with E-state index < -0.39 is 18.0 Å². The second-order valence-electron chi connectivity index (χ2n) is 5.28. The van der Waals surface area contributed by atoms with E-state index in [4.69, 9.17) is 19.9 Å². The monoisotopic (exact) mass is 358 g/mol. The third kappa shape index (κ3) is 5.41. The molecule has 0 unspecified atom stereocenters. The van der Waals surface area contributed by atoms with Gasteiger partial charge in [0.05, 0.1) is 13.2 Å². The molecule has 0 radical (unpaired) electrons. The smallest absolute Gasteiger partial charge is 0.340 e. The van der Waals surface area contributed by atoms with Crippen LogP contribution in [0.2, 0.25) is 0 Å². The Morgan fingerprint density at radius 1 is 0.962 bits per heavy atom. The minimum atomic E-state index is -1.25. The molecule has 138 valence electrons. The van der Waals surface area contributed by atoms with Gasteiger partial charge in [-0.05, 0) is 50.2 Å². The van der Waals surface area contributed by atoms with Gasteiger partial charge in [0.2, 0.25) is 6.04 Å². The van der Waals surface area contributed by atoms with Gasteiger partial charge in [0.1, 0.15) is 11.5 Å². The number of benzene rings is 2. The zero-order chi connectivity index (χ0) is 18.9. The number of esters is 2. The first-order valence-electron chi connectivity index (χ1n) is 8.26. The van der Waals surface area contributed by atoms with E-state index in [9.17, 15) is 9.59 Å². The van der Waals surface area contributed by atoms with E-state index in [1.165, 1.54) is 0 Å². The standard InChI is InChI=1S/C19H22N2O5/c1-3-24-18(22)17(19(23)25-4-2)21-14-6-5-7-16(12-14)26-15-10-8-13(20)9-11-15/h5-12,17,21H,3-4,20H2,1-2H3. The summed E-state index contributed by atoms with van der Waals surface area (Å²) in [5, 5.41) is 2.83. The van der Waals surface area contributed by atoms with Gasteiger partial charge in [0, 0.05) is 17.4 Å². The molecule has 0 aliphatic carbocycles. The maximum atomic E-state index is 12.0. The molecule has 0 bridgehead atoms. The molecule has 0 aliphatic rings. The number of carbonyl (C=O) groups is 2. The fourth-order valence-corrected chi connectivity index (χ4v) is 2.15. The van der Waals surface area contributed by atoms with Crippen LogP contribution < -0.4 is 15.8 Å². The maximum absolute atomic E-state index is 12.0. The number of rotatable bonds is 8. The van der Waals surface area contributed by atoms with Crippen molar-refractivity contribution < 1.29 is 23.8 Å². The second kappa shape index (κ2) is 9.31. The summed E-state index contributed by atoms with van der Waals surface area (Å²) in [7, 11) is 0. The van der Waals surface area contributed by atoms with Crippen LogP contribution >= 0.6 is 0 Å². The second-order valence-corrected chi connectivity index (χ2v) is 5.28. The van der Waals surface area contributed by atoms with Gasteiger partial charge in [-0.25, -0.2) is 9.59 Å². The van der Waals surface area contributed by atoms with E-state index in [-0.39, 0.29) is 13.2 Å². The molecule has 3 N–H and O–H groups in total. The predicted molar refractivity (Wildman–Crippen MR) is 98.0 cm³/mol. The van der Waals surface area contributed by atoms with Crippen LogP contribution in [0.5, 0.6) is 11.5 Å². The molecular weight excluding hydrogens is 336 g/mol. The van der Waals surface area contributed by atoms with Crippen molar-refractivity contribution in [1.29, 1.82) is 0 Å². The van der Waals surface area contributed by atoms with E-state index in [1.807, 2.05) is 0 Å². The Hall–Kier alpha value is -3.22. The fourth-order valence-electron chi connectivity index (χ4n) is 2.15. The summed E-state index contributed by atoms with van der Waals surface area (Å²) in [4.78, 5) is 24.1. The van der Waals surface area contributed by atoms with Crippen molar-refractivity contribution in [2.75, 3.05) is 24.3 Å². The first-order chi connectivity index (χ1) is 12.5. The summed E-state index contributed by atoms with van der Waals surface area (Å²) in [5.41, 5.74) is 6.81. The number of hydrogen-bond donors (Lipinski definition) is 2. The van der Waals surface area contributed by atoms with Gasteiger partial charge < -0.3 is 25.3 Å². The molecule has 0 atom stereocenters. The lowest BCUT2D eigenvalue weighted by molar-refractivity contribution is -0.155. The maximum Gasteiger partial charge on any atom is 0.340 e. The van der Waals surface area contributed by atoms with Gasteiger partial charge >= 0.3 is 11.9 Å². The van der Waals surface area contributed by atoms with Crippen molar-refractivity contribution in [3.63, 3.8) is 0 Å². The predicted octanol–water partition coefficient (Wildman–Crippen LogP) is 2.97. The zero-order valence-electron chi connectivity index (χ0n) is 14.7. The molecule has 26 heavy (non-hydrogen) atoms. The molecule has 0 amide bonds. The number of hydrogen-bond acceptors (Lipinski definition) is 7. The Kier molecular flexibility index (Phi) is 6.84. The molecular formula is C19H22N2O5. The number of nitrogen functional groups attached to an aromatic ring is 1. The number of ether oxygens (including phenoxy) is 3. The van der Waals surface area contributed by atoms with Crippen molar-refractivity contribution in [2.24, 2.45) is 0 Å². The molecule has 0 aromatic heterocycles. The molecule has 0 spiro atoms. The average molecular weight is 358 g/mol. The third-order valence-electron chi connectivity index (χ3n) is 3.31. The van der Waals surface area contributed by atoms with E-state index in [0.29, 0.717) is 22.9 Å². The van der Waals surface area contributed by atoms with Gasteiger partial charge in [-0.2, -0.15) is 0 Å². The lowest BCUT2D eigenvalue weighted by atomic mass is 10.2. The summed E-state index contributed by atoms with van der Waals surface area (Å²) in [6.45, 7) is 3.66. The van der Waals surface area contributed by atoms with Gasteiger partial charge in [-0.3, -0.25) is 0 Å². The van der Waals surface area contributed by atoms with Crippen molar-refractivity contribution in [2.45, 2.75) is 19.9 Å². The summed E-state index contributed by atoms with van der Waals surface area (Å²) in [6, 6.07) is 12.6. The largest absolute Gasteiger partial charge is 0.464 e. The summed E-state index contributed by atoms with van der Waals surface area (Å²) >= 11 is 0. The van der Waals surface area contributed by atoms with Crippen LogP contribution in [-0.4, -0.2) is 31.2 Å². The van der Waals surface area contributed by atoms with Crippen LogP contribution in [0.15, 0.2) is 48.5 Å². The average Bonchev–Trinajstić information content (AvgIpc) is 2.62. The number of anilines is 2. The molecule has 0 aliphatic heterocycles. The van der Waals surface area contributed by atoms with Crippen molar-refractivity contribution >= 4 is 23.3 Å². The van der Waals surface area contributed by atoms with Gasteiger partial charge in [-0.1, -0.05) is 6.07 Å². The normalized spacial score (nSPS) is 10.3. The van der Waals surface area contributed by atoms with Crippen molar-refractivity contribution in [3.8, 4) is 11.5 Å². The highest BCUT2D eigenvalue weighted by atomic mass is 16.6. The fraction of sp³-hybridized carbons (Fsp3) is 0.263. The first-order valence-corrected chi connectivity index (χ1v) is 8.26. The third-order valence-corrected chi connectivity index (χ3v) is 3.31. The Bertz CT molecular complexity index is 728. The van der Waals surface area contributed by atoms with Gasteiger partial charge in [0.15, 0.2) is 0 Å². The lowest BCUT2D eigenvalue weighted by Gasteiger charge is -2.17. The van der Waals surface area contributed by atoms with Crippen LogP contribution in [0.3, 0.4) is 0 Å². The van der Waals surface area contributed by atoms with Crippen LogP contribution in [0.1, 0.15) is 13.8 Å². The Labute approximate surface area is 152 Å². The molecule has 0 fully saturated rings. The first kappa shape index (κ1) is 19.1. The number of carbonyl (C=O) groups excluding carboxylic acids is 2. The summed E-state index contributed by atoms with van der Waals surface area (Å²) < 4.78 is 15.6. The lowest BCUT2D eigenvalue weighted by Crippen LogP contribution is -2.40. The highest BCUT2D eigenvalue weighted by Crippen LogP contribution is 2.25. The number of nitrogens with two attached hydrogens (primary N) is 1. The summed E-state index contributed by atoms with van der Waals surface area (Å²) in [5.74, 6) is -0.249. The van der Waals surface area contributed by atoms with Crippen molar-refractivity contribution in [3.05, 3.63) is 48.5 Å². The zero-order valence-corrected chi connectivity index (χ0v) is 14.7. The van der Waals surface area contributed by atoms with E-state index in [2.05, 4.69) is 5.32 Å². The van der Waals surface area contributed by atoms with Crippen LogP contribution in [0, 0.1) is 0 Å². The van der Waals surface area contributed by atoms with Gasteiger partial charge in [0.25, 0.3) is 0 Å². The Morgan fingerprint density at radius 3 is 2.15 bits per heavy atom. The molecule has 0 saturated heterocycles. The minimum absolute atomic E-state index is 0.163. The molecule has 7 nitrogen and oxygen atoms in total. The van der Waals surface area contributed by atoms with Crippen molar-refractivity contribution in [1.82, 2.24) is 0 Å². The van der Waals surface area contributed by atoms with Crippen LogP contribution in [0.25, 0.3) is 0 Å². The van der Waals surface area contributed by atoms with Crippen LogP contribution in [-0.2, 0) is 19.1 Å². The Morgan fingerprint density at radius 2 is 1.58 bits per heavy atom. The highest BCUT2D eigenvalue weighted by molar-refractivity contribution is 6.02. The SMILES string of the molecule is CCOC(=O)C(Nc1cccc(Oc2ccc(N)cc2)c1)C(=O)OCC. The van der Waals surface area contributed by atoms with Crippen LogP contribution in [0.4, 0.5) is 11.4 Å². The molecule has 7 heteroatoms. The highest BCUT2D eigenvalue weighted by Gasteiger charge is 2.29. The number of nitrogens with one attached hydrogen (secondary N) is 1. The van der Waals surface area contributed by atoms with E-state index >= 15 is 0 Å². The molecule has 2 aromatic rings. The topological polar surface area (TPSA) is 99.9 Å². The minimum Gasteiger partial charge on any atom is -0.464 e. The molecule has 0 heterocycles. The van der Waals surface area contributed by atoms with Gasteiger partial charge in [-0.15, -0.1) is 0 Å². The van der Waals surface area contributed by atoms with E-state index in [1.54, 1.807) is 62.4 Å². The quantitative estimate of drug-likeness (QED) is 0.425. The molecule has 0 saturated carbocycles. The molecule has 2 rings (SSSR count). The summed E-state index contributed by atoms with van der Waals surface area (Å²) in [6.07, 6.45) is 0. The Balaban J connectivity index is 2.14. The molecule has 2 aromatic carbocycles. The van der Waals surface area contributed by atoms with E-state index in [0.717, 1.165) is 0 Å².